The van der Waals surface area contributed by atoms with Gasteiger partial charge in [0.2, 0.25) is 0 Å². The molecule has 27 heavy (non-hydrogen) atoms. The highest BCUT2D eigenvalue weighted by molar-refractivity contribution is 7.86. The fraction of sp³-hybridized carbons (Fsp3) is 0.727. The third kappa shape index (κ3) is 8.75. The Hall–Kier alpha value is -0.910. The summed E-state index contributed by atoms with van der Waals surface area (Å²) in [7, 11) is -3.67. The van der Waals surface area contributed by atoms with E-state index in [-0.39, 0.29) is 28.4 Å². The largest absolute Gasteiger partial charge is 0.378 e. The summed E-state index contributed by atoms with van der Waals surface area (Å²) in [5.41, 5.74) is 1.35. The Morgan fingerprint density at radius 1 is 0.963 bits per heavy atom. The lowest BCUT2D eigenvalue weighted by molar-refractivity contribution is -0.0507. The summed E-state index contributed by atoms with van der Waals surface area (Å²) in [4.78, 5) is 0.208. The molecule has 0 saturated heterocycles. The van der Waals surface area contributed by atoms with Gasteiger partial charge in [-0.05, 0) is 55.6 Å². The van der Waals surface area contributed by atoms with Gasteiger partial charge in [0.15, 0.2) is 0 Å². The molecule has 0 aliphatic rings. The van der Waals surface area contributed by atoms with Crippen molar-refractivity contribution >= 4 is 10.1 Å². The second kappa shape index (κ2) is 10.0. The lowest BCUT2D eigenvalue weighted by Gasteiger charge is -2.37. The number of rotatable bonds is 11. The van der Waals surface area contributed by atoms with E-state index in [0.29, 0.717) is 13.0 Å². The SMILES string of the molecule is CCC(C)(C)C(CC(C)(C)C)OCCCCOS(=O)(=O)c1ccc(C)cc1. The molecule has 0 bridgehead atoms. The molecule has 1 atom stereocenters. The van der Waals surface area contributed by atoms with Crippen LogP contribution >= 0.6 is 0 Å². The summed E-state index contributed by atoms with van der Waals surface area (Å²) in [6.45, 7) is 16.1. The summed E-state index contributed by atoms with van der Waals surface area (Å²) in [5, 5.41) is 0. The maximum atomic E-state index is 12.2. The Morgan fingerprint density at radius 3 is 2.04 bits per heavy atom. The minimum atomic E-state index is -3.67. The number of aryl methyl sites for hydroxylation is 1. The van der Waals surface area contributed by atoms with Crippen LogP contribution in [0.4, 0.5) is 0 Å². The van der Waals surface area contributed by atoms with Gasteiger partial charge in [0, 0.05) is 6.61 Å². The molecule has 1 rings (SSSR count). The minimum absolute atomic E-state index is 0.124. The maximum absolute atomic E-state index is 12.2. The molecule has 0 heterocycles. The minimum Gasteiger partial charge on any atom is -0.378 e. The Bertz CT molecular complexity index is 655. The molecule has 1 unspecified atom stereocenters. The van der Waals surface area contributed by atoms with Crippen LogP contribution in [-0.2, 0) is 19.0 Å². The summed E-state index contributed by atoms with van der Waals surface area (Å²) < 4.78 is 35.7. The quantitative estimate of drug-likeness (QED) is 0.352. The predicted molar refractivity (Wildman–Crippen MR) is 111 cm³/mol. The molecule has 156 valence electrons. The van der Waals surface area contributed by atoms with Crippen LogP contribution in [0.3, 0.4) is 0 Å². The normalized spacial score (nSPS) is 14.3. The first kappa shape index (κ1) is 24.1. The van der Waals surface area contributed by atoms with Gasteiger partial charge in [-0.1, -0.05) is 59.2 Å². The highest BCUT2D eigenvalue weighted by Crippen LogP contribution is 2.35. The molecule has 1 aromatic rings. The monoisotopic (exact) mass is 398 g/mol. The van der Waals surface area contributed by atoms with E-state index >= 15 is 0 Å². The van der Waals surface area contributed by atoms with E-state index in [0.717, 1.165) is 24.8 Å². The zero-order valence-corrected chi connectivity index (χ0v) is 19.0. The average Bonchev–Trinajstić information content (AvgIpc) is 2.56. The molecule has 0 radical (unpaired) electrons. The number of benzene rings is 1. The first-order valence-electron chi connectivity index (χ1n) is 9.95. The molecule has 0 aromatic heterocycles. The van der Waals surface area contributed by atoms with Gasteiger partial charge in [-0.3, -0.25) is 4.18 Å². The Kier molecular flexibility index (Phi) is 8.97. The van der Waals surface area contributed by atoms with Crippen LogP contribution in [-0.4, -0.2) is 27.7 Å². The summed E-state index contributed by atoms with van der Waals surface area (Å²) >= 11 is 0. The van der Waals surface area contributed by atoms with Crippen molar-refractivity contribution in [3.8, 4) is 0 Å². The zero-order chi connectivity index (χ0) is 20.7. The van der Waals surface area contributed by atoms with Gasteiger partial charge >= 0.3 is 0 Å². The summed E-state index contributed by atoms with van der Waals surface area (Å²) in [6, 6.07) is 6.71. The fourth-order valence-electron chi connectivity index (χ4n) is 2.72. The van der Waals surface area contributed by atoms with Crippen molar-refractivity contribution < 1.29 is 17.3 Å². The van der Waals surface area contributed by atoms with Crippen LogP contribution in [0.25, 0.3) is 0 Å². The number of hydrogen-bond acceptors (Lipinski definition) is 4. The molecule has 1 aromatic carbocycles. The van der Waals surface area contributed by atoms with Crippen molar-refractivity contribution in [1.29, 1.82) is 0 Å². The van der Waals surface area contributed by atoms with Crippen molar-refractivity contribution in [2.75, 3.05) is 13.2 Å². The van der Waals surface area contributed by atoms with E-state index in [1.54, 1.807) is 24.3 Å². The zero-order valence-electron chi connectivity index (χ0n) is 18.2. The Balaban J connectivity index is 2.42. The average molecular weight is 399 g/mol. The van der Waals surface area contributed by atoms with Crippen molar-refractivity contribution in [1.82, 2.24) is 0 Å². The van der Waals surface area contributed by atoms with Crippen molar-refractivity contribution in [2.24, 2.45) is 10.8 Å². The topological polar surface area (TPSA) is 52.6 Å². The van der Waals surface area contributed by atoms with Crippen molar-refractivity contribution in [3.63, 3.8) is 0 Å². The van der Waals surface area contributed by atoms with Crippen LogP contribution in [0, 0.1) is 17.8 Å². The highest BCUT2D eigenvalue weighted by atomic mass is 32.2. The number of hydrogen-bond donors (Lipinski definition) is 0. The first-order valence-corrected chi connectivity index (χ1v) is 11.4. The van der Waals surface area contributed by atoms with Crippen LogP contribution in [0.5, 0.6) is 0 Å². The van der Waals surface area contributed by atoms with Gasteiger partial charge in [-0.2, -0.15) is 8.42 Å². The third-order valence-corrected chi connectivity index (χ3v) is 6.31. The summed E-state index contributed by atoms with van der Waals surface area (Å²) in [6.07, 6.45) is 3.70. The molecule has 0 spiro atoms. The first-order chi connectivity index (χ1) is 12.4. The van der Waals surface area contributed by atoms with Crippen LogP contribution < -0.4 is 0 Å². The van der Waals surface area contributed by atoms with E-state index in [1.165, 1.54) is 0 Å². The van der Waals surface area contributed by atoms with Gasteiger partial charge in [0.05, 0.1) is 17.6 Å². The molecule has 0 N–H and O–H groups in total. The second-order valence-corrected chi connectivity index (χ2v) is 10.9. The third-order valence-electron chi connectivity index (χ3n) is 4.99. The van der Waals surface area contributed by atoms with E-state index in [4.69, 9.17) is 8.92 Å². The highest BCUT2D eigenvalue weighted by Gasteiger charge is 2.32. The number of ether oxygens (including phenoxy) is 1. The van der Waals surface area contributed by atoms with Gasteiger partial charge in [-0.25, -0.2) is 0 Å². The smallest absolute Gasteiger partial charge is 0.296 e. The molecule has 4 nitrogen and oxygen atoms in total. The van der Waals surface area contributed by atoms with E-state index in [2.05, 4.69) is 41.5 Å². The molecule has 0 aliphatic carbocycles. The number of unbranched alkanes of at least 4 members (excludes halogenated alkanes) is 1. The van der Waals surface area contributed by atoms with E-state index in [1.807, 2.05) is 6.92 Å². The lowest BCUT2D eigenvalue weighted by atomic mass is 9.76. The maximum Gasteiger partial charge on any atom is 0.296 e. The van der Waals surface area contributed by atoms with E-state index < -0.39 is 10.1 Å². The molecule has 0 fully saturated rings. The standard InChI is InChI=1S/C22H38O4S/c1-8-22(6,7)20(17-21(3,4)5)25-15-9-10-16-26-27(23,24)19-13-11-18(2)12-14-19/h11-14,20H,8-10,15-17H2,1-7H3. The predicted octanol–water partition coefficient (Wildman–Crippen LogP) is 5.74. The lowest BCUT2D eigenvalue weighted by Crippen LogP contribution is -2.35. The molecular formula is C22H38O4S. The fourth-order valence-corrected chi connectivity index (χ4v) is 3.66. The summed E-state index contributed by atoms with van der Waals surface area (Å²) in [5.74, 6) is 0. The van der Waals surface area contributed by atoms with E-state index in [9.17, 15) is 8.42 Å². The second-order valence-electron chi connectivity index (χ2n) is 9.26. The van der Waals surface area contributed by atoms with Crippen molar-refractivity contribution in [3.05, 3.63) is 29.8 Å². The van der Waals surface area contributed by atoms with Gasteiger partial charge in [0.1, 0.15) is 0 Å². The Morgan fingerprint density at radius 2 is 1.52 bits per heavy atom. The van der Waals surface area contributed by atoms with Crippen LogP contribution in [0.1, 0.15) is 72.8 Å². The van der Waals surface area contributed by atoms with Crippen LogP contribution in [0.2, 0.25) is 0 Å². The van der Waals surface area contributed by atoms with Crippen molar-refractivity contribution in [2.45, 2.75) is 85.1 Å². The van der Waals surface area contributed by atoms with Crippen LogP contribution in [0.15, 0.2) is 29.2 Å². The van der Waals surface area contributed by atoms with Gasteiger partial charge < -0.3 is 4.74 Å². The molecule has 0 amide bonds. The molecular weight excluding hydrogens is 360 g/mol. The Labute approximate surface area is 166 Å². The van der Waals surface area contributed by atoms with Gasteiger partial charge in [0.25, 0.3) is 10.1 Å². The molecule has 0 aliphatic heterocycles. The molecule has 5 heteroatoms. The van der Waals surface area contributed by atoms with Gasteiger partial charge in [-0.15, -0.1) is 0 Å². The molecule has 0 saturated carbocycles.